The maximum absolute atomic E-state index is 12.2. The van der Waals surface area contributed by atoms with Gasteiger partial charge in [-0.05, 0) is 47.9 Å². The zero-order valence-corrected chi connectivity index (χ0v) is 16.1. The summed E-state index contributed by atoms with van der Waals surface area (Å²) in [5.41, 5.74) is 4.07. The number of benzene rings is 3. The molecule has 29 heavy (non-hydrogen) atoms. The highest BCUT2D eigenvalue weighted by Gasteiger charge is 2.05. The van der Waals surface area contributed by atoms with Gasteiger partial charge in [-0.1, -0.05) is 66.7 Å². The van der Waals surface area contributed by atoms with E-state index in [1.807, 2.05) is 73.7 Å². The Morgan fingerprint density at radius 1 is 0.690 bits per heavy atom. The van der Waals surface area contributed by atoms with Crippen LogP contribution in [0.5, 0.6) is 0 Å². The summed E-state index contributed by atoms with van der Waals surface area (Å²) in [6, 6.07) is 24.6. The molecule has 0 unspecified atom stereocenters. The minimum atomic E-state index is -0.237. The van der Waals surface area contributed by atoms with Gasteiger partial charge in [0.15, 0.2) is 0 Å². The number of carbonyl (C=O) groups excluding carboxylic acids is 2. The first-order valence-electron chi connectivity index (χ1n) is 9.29. The Morgan fingerprint density at radius 2 is 1.21 bits per heavy atom. The molecule has 0 bridgehead atoms. The molecule has 4 nitrogen and oxygen atoms in total. The fraction of sp³-hybridized carbons (Fsp3) is 0.0400. The largest absolute Gasteiger partial charge is 0.322 e. The van der Waals surface area contributed by atoms with Gasteiger partial charge in [-0.15, -0.1) is 0 Å². The van der Waals surface area contributed by atoms with E-state index in [0.29, 0.717) is 11.4 Å². The van der Waals surface area contributed by atoms with Crippen LogP contribution in [0, 0.1) is 6.92 Å². The standard InChI is InChI=1S/C25H22N2O2/c1-19-12-15-22(26-24(28)16-13-20-8-4-2-5-9-20)18-23(19)27-25(29)17-14-21-10-6-3-7-11-21/h2-18H,1H3,(H,26,28)(H,27,29)/b16-13-,17-14-. The zero-order chi connectivity index (χ0) is 20.5. The van der Waals surface area contributed by atoms with Gasteiger partial charge in [0.05, 0.1) is 0 Å². The van der Waals surface area contributed by atoms with Crippen molar-refractivity contribution in [1.29, 1.82) is 0 Å². The monoisotopic (exact) mass is 382 g/mol. The quantitative estimate of drug-likeness (QED) is 0.569. The van der Waals surface area contributed by atoms with E-state index in [4.69, 9.17) is 0 Å². The van der Waals surface area contributed by atoms with E-state index in [1.165, 1.54) is 12.2 Å². The maximum Gasteiger partial charge on any atom is 0.248 e. The summed E-state index contributed by atoms with van der Waals surface area (Å²) in [7, 11) is 0. The van der Waals surface area contributed by atoms with Gasteiger partial charge in [-0.2, -0.15) is 0 Å². The van der Waals surface area contributed by atoms with Crippen molar-refractivity contribution in [2.45, 2.75) is 6.92 Å². The van der Waals surface area contributed by atoms with Gasteiger partial charge in [0.25, 0.3) is 0 Å². The van der Waals surface area contributed by atoms with Crippen molar-refractivity contribution >= 4 is 35.3 Å². The third-order valence-corrected chi connectivity index (χ3v) is 4.22. The van der Waals surface area contributed by atoms with Crippen LogP contribution in [-0.2, 0) is 9.59 Å². The second kappa shape index (κ2) is 9.85. The molecule has 2 N–H and O–H groups in total. The fourth-order valence-corrected chi connectivity index (χ4v) is 2.66. The number of hydrogen-bond donors (Lipinski definition) is 2. The van der Waals surface area contributed by atoms with Crippen LogP contribution in [0.4, 0.5) is 11.4 Å². The summed E-state index contributed by atoms with van der Waals surface area (Å²) in [5, 5.41) is 5.67. The predicted octanol–water partition coefficient (Wildman–Crippen LogP) is 5.30. The van der Waals surface area contributed by atoms with Crippen LogP contribution < -0.4 is 10.6 Å². The van der Waals surface area contributed by atoms with Gasteiger partial charge in [0, 0.05) is 23.5 Å². The summed E-state index contributed by atoms with van der Waals surface area (Å²) >= 11 is 0. The molecule has 0 atom stereocenters. The third kappa shape index (κ3) is 6.33. The predicted molar refractivity (Wildman–Crippen MR) is 119 cm³/mol. The SMILES string of the molecule is Cc1ccc(NC(=O)/C=C\c2ccccc2)cc1NC(=O)/C=C\c1ccccc1. The fourth-order valence-electron chi connectivity index (χ4n) is 2.66. The Bertz CT molecular complexity index is 1040. The van der Waals surface area contributed by atoms with Crippen molar-refractivity contribution < 1.29 is 9.59 Å². The number of hydrogen-bond acceptors (Lipinski definition) is 2. The van der Waals surface area contributed by atoms with E-state index in [-0.39, 0.29) is 11.8 Å². The van der Waals surface area contributed by atoms with E-state index < -0.39 is 0 Å². The minimum Gasteiger partial charge on any atom is -0.322 e. The maximum atomic E-state index is 12.2. The Kier molecular flexibility index (Phi) is 6.74. The van der Waals surface area contributed by atoms with Gasteiger partial charge in [-0.3, -0.25) is 9.59 Å². The van der Waals surface area contributed by atoms with E-state index in [1.54, 1.807) is 24.3 Å². The molecule has 0 heterocycles. The molecule has 0 aliphatic heterocycles. The van der Waals surface area contributed by atoms with Gasteiger partial charge in [0.1, 0.15) is 0 Å². The molecule has 0 saturated heterocycles. The minimum absolute atomic E-state index is 0.232. The molecule has 4 heteroatoms. The van der Waals surface area contributed by atoms with Crippen LogP contribution in [0.2, 0.25) is 0 Å². The van der Waals surface area contributed by atoms with Crippen LogP contribution in [0.1, 0.15) is 16.7 Å². The first-order chi connectivity index (χ1) is 14.1. The number of rotatable bonds is 6. The van der Waals surface area contributed by atoms with Crippen LogP contribution in [0.15, 0.2) is 91.0 Å². The Morgan fingerprint density at radius 3 is 1.76 bits per heavy atom. The molecule has 0 aromatic heterocycles. The molecule has 0 fully saturated rings. The topological polar surface area (TPSA) is 58.2 Å². The highest BCUT2D eigenvalue weighted by atomic mass is 16.2. The molecule has 0 spiro atoms. The smallest absolute Gasteiger partial charge is 0.248 e. The zero-order valence-electron chi connectivity index (χ0n) is 16.1. The first kappa shape index (κ1) is 19.8. The van der Waals surface area contributed by atoms with Gasteiger partial charge >= 0.3 is 0 Å². The van der Waals surface area contributed by atoms with Gasteiger partial charge in [0.2, 0.25) is 11.8 Å². The molecule has 144 valence electrons. The highest BCUT2D eigenvalue weighted by molar-refractivity contribution is 6.04. The molecule has 0 aliphatic rings. The average molecular weight is 382 g/mol. The number of aryl methyl sites for hydroxylation is 1. The lowest BCUT2D eigenvalue weighted by atomic mass is 10.1. The summed E-state index contributed by atoms with van der Waals surface area (Å²) < 4.78 is 0. The molecule has 3 rings (SSSR count). The van der Waals surface area contributed by atoms with Crippen LogP contribution in [0.3, 0.4) is 0 Å². The third-order valence-electron chi connectivity index (χ3n) is 4.22. The summed E-state index contributed by atoms with van der Waals surface area (Å²) in [4.78, 5) is 24.4. The van der Waals surface area contributed by atoms with E-state index >= 15 is 0 Å². The summed E-state index contributed by atoms with van der Waals surface area (Å²) in [5.74, 6) is -0.469. The molecule has 0 radical (unpaired) electrons. The normalized spacial score (nSPS) is 10.9. The van der Waals surface area contributed by atoms with Crippen molar-refractivity contribution in [2.75, 3.05) is 10.6 Å². The van der Waals surface area contributed by atoms with Crippen molar-refractivity contribution in [2.24, 2.45) is 0 Å². The molecular weight excluding hydrogens is 360 g/mol. The lowest BCUT2D eigenvalue weighted by Gasteiger charge is -2.10. The molecule has 2 amide bonds. The second-order valence-electron chi connectivity index (χ2n) is 6.50. The van der Waals surface area contributed by atoms with Crippen molar-refractivity contribution in [3.63, 3.8) is 0 Å². The first-order valence-corrected chi connectivity index (χ1v) is 9.29. The Hall–Kier alpha value is -3.92. The van der Waals surface area contributed by atoms with Crippen LogP contribution >= 0.6 is 0 Å². The molecule has 0 aliphatic carbocycles. The van der Waals surface area contributed by atoms with Gasteiger partial charge in [-0.25, -0.2) is 0 Å². The summed E-state index contributed by atoms with van der Waals surface area (Å²) in [6.07, 6.45) is 6.48. The highest BCUT2D eigenvalue weighted by Crippen LogP contribution is 2.20. The van der Waals surface area contributed by atoms with Crippen molar-refractivity contribution in [3.8, 4) is 0 Å². The molecule has 3 aromatic rings. The number of anilines is 2. The lowest BCUT2D eigenvalue weighted by molar-refractivity contribution is -0.112. The number of nitrogens with one attached hydrogen (secondary N) is 2. The number of amides is 2. The Labute approximate surface area is 170 Å². The van der Waals surface area contributed by atoms with E-state index in [9.17, 15) is 9.59 Å². The lowest BCUT2D eigenvalue weighted by Crippen LogP contribution is -2.11. The Balaban J connectivity index is 1.63. The van der Waals surface area contributed by atoms with E-state index in [2.05, 4.69) is 10.6 Å². The molecular formula is C25H22N2O2. The molecule has 3 aromatic carbocycles. The van der Waals surface area contributed by atoms with Crippen LogP contribution in [0.25, 0.3) is 12.2 Å². The number of carbonyl (C=O) groups is 2. The van der Waals surface area contributed by atoms with Gasteiger partial charge < -0.3 is 10.6 Å². The summed E-state index contributed by atoms with van der Waals surface area (Å²) in [6.45, 7) is 1.90. The van der Waals surface area contributed by atoms with Crippen molar-refractivity contribution in [1.82, 2.24) is 0 Å². The average Bonchev–Trinajstić information content (AvgIpc) is 2.75. The second-order valence-corrected chi connectivity index (χ2v) is 6.50. The molecule has 0 saturated carbocycles. The van der Waals surface area contributed by atoms with E-state index in [0.717, 1.165) is 16.7 Å². The van der Waals surface area contributed by atoms with Crippen LogP contribution in [-0.4, -0.2) is 11.8 Å². The van der Waals surface area contributed by atoms with Crippen molar-refractivity contribution in [3.05, 3.63) is 108 Å².